The van der Waals surface area contributed by atoms with Gasteiger partial charge in [-0.25, -0.2) is 5.43 Å². The molecule has 6 nitrogen and oxygen atoms in total. The first-order valence-electron chi connectivity index (χ1n) is 6.90. The van der Waals surface area contributed by atoms with Gasteiger partial charge in [0, 0.05) is 18.2 Å². The molecule has 1 aromatic rings. The largest absolute Gasteiger partial charge is 0.282 e. The van der Waals surface area contributed by atoms with Crippen LogP contribution in [0.1, 0.15) is 23.2 Å². The number of para-hydroxylation sites is 1. The third kappa shape index (κ3) is 2.69. The second kappa shape index (κ2) is 5.47. The molecule has 1 fully saturated rings. The lowest BCUT2D eigenvalue weighted by Crippen LogP contribution is -2.20. The van der Waals surface area contributed by atoms with Gasteiger partial charge in [-0.2, -0.15) is 5.10 Å². The summed E-state index contributed by atoms with van der Waals surface area (Å²) in [7, 11) is 0. The minimum absolute atomic E-state index is 0.0208. The number of allylic oxidation sites excluding steroid dienone is 2. The average molecular weight is 285 g/mol. The molecule has 0 aromatic heterocycles. The maximum absolute atomic E-state index is 12.0. The van der Waals surface area contributed by atoms with Crippen molar-refractivity contribution in [1.29, 1.82) is 0 Å². The summed E-state index contributed by atoms with van der Waals surface area (Å²) >= 11 is 0. The summed E-state index contributed by atoms with van der Waals surface area (Å²) in [5.41, 5.74) is 2.19. The molecule has 6 heteroatoms. The number of rotatable bonds is 4. The Morgan fingerprint density at radius 3 is 2.81 bits per heavy atom. The summed E-state index contributed by atoms with van der Waals surface area (Å²) in [4.78, 5) is 22.3. The van der Waals surface area contributed by atoms with Crippen LogP contribution in [0.25, 0.3) is 0 Å². The summed E-state index contributed by atoms with van der Waals surface area (Å²) in [6.07, 6.45) is 8.41. The average Bonchev–Trinajstić information content (AvgIpc) is 3.09. The van der Waals surface area contributed by atoms with Crippen molar-refractivity contribution in [2.75, 3.05) is 0 Å². The van der Waals surface area contributed by atoms with Crippen LogP contribution in [0, 0.1) is 27.9 Å². The van der Waals surface area contributed by atoms with Gasteiger partial charge in [0.1, 0.15) is 5.56 Å². The van der Waals surface area contributed by atoms with Gasteiger partial charge in [-0.3, -0.25) is 14.9 Å². The smallest absolute Gasteiger partial charge is 0.267 e. The third-order valence-electron chi connectivity index (χ3n) is 4.11. The van der Waals surface area contributed by atoms with Gasteiger partial charge in [0.05, 0.1) is 4.92 Å². The van der Waals surface area contributed by atoms with Crippen LogP contribution >= 0.6 is 0 Å². The molecule has 2 aliphatic carbocycles. The number of carbonyl (C=O) groups excluding carboxylic acids is 1. The lowest BCUT2D eigenvalue weighted by molar-refractivity contribution is -0.385. The zero-order valence-electron chi connectivity index (χ0n) is 11.3. The summed E-state index contributed by atoms with van der Waals surface area (Å²) < 4.78 is 0. The molecular weight excluding hydrogens is 270 g/mol. The quantitative estimate of drug-likeness (QED) is 0.399. The van der Waals surface area contributed by atoms with E-state index in [2.05, 4.69) is 22.7 Å². The maximum atomic E-state index is 12.0. The van der Waals surface area contributed by atoms with Crippen LogP contribution in [0.15, 0.2) is 41.5 Å². The summed E-state index contributed by atoms with van der Waals surface area (Å²) in [5, 5.41) is 14.8. The van der Waals surface area contributed by atoms with Gasteiger partial charge < -0.3 is 0 Å². The molecule has 1 N–H and O–H groups in total. The van der Waals surface area contributed by atoms with Crippen molar-refractivity contribution in [2.45, 2.75) is 12.8 Å². The number of nitrogens with zero attached hydrogens (tertiary/aromatic N) is 2. The van der Waals surface area contributed by atoms with E-state index in [1.54, 1.807) is 12.3 Å². The van der Waals surface area contributed by atoms with E-state index in [0.717, 1.165) is 12.8 Å². The SMILES string of the molecule is O=C(N/N=C\[C@@H]1C[C@@H]2C=C[C@@H]1C2)c1ccccc1[N+](=O)[O-]. The van der Waals surface area contributed by atoms with Crippen molar-refractivity contribution >= 4 is 17.8 Å². The number of hydrogen-bond acceptors (Lipinski definition) is 4. The zero-order valence-corrected chi connectivity index (χ0v) is 11.3. The lowest BCUT2D eigenvalue weighted by atomic mass is 9.95. The van der Waals surface area contributed by atoms with Crippen molar-refractivity contribution < 1.29 is 9.72 Å². The normalized spacial score (nSPS) is 26.4. The predicted molar refractivity (Wildman–Crippen MR) is 77.9 cm³/mol. The number of amides is 1. The number of benzene rings is 1. The predicted octanol–water partition coefficient (Wildman–Crippen LogP) is 2.52. The number of fused-ring (bicyclic) bond motifs is 2. The molecule has 3 rings (SSSR count). The fraction of sp³-hybridized carbons (Fsp3) is 0.333. The Morgan fingerprint density at radius 1 is 1.33 bits per heavy atom. The molecule has 2 aliphatic rings. The zero-order chi connectivity index (χ0) is 14.8. The van der Waals surface area contributed by atoms with E-state index < -0.39 is 10.8 Å². The Hall–Kier alpha value is -2.50. The Morgan fingerprint density at radius 2 is 2.14 bits per heavy atom. The monoisotopic (exact) mass is 285 g/mol. The highest BCUT2D eigenvalue weighted by molar-refractivity contribution is 5.98. The molecule has 108 valence electrons. The Bertz CT molecular complexity index is 639. The summed E-state index contributed by atoms with van der Waals surface area (Å²) in [5.74, 6) is 0.947. The highest BCUT2D eigenvalue weighted by atomic mass is 16.6. The van der Waals surface area contributed by atoms with E-state index in [-0.39, 0.29) is 11.3 Å². The maximum Gasteiger partial charge on any atom is 0.282 e. The standard InChI is InChI=1S/C15H15N3O3/c19-15(13-3-1-2-4-14(13)18(20)21)17-16-9-12-8-10-5-6-11(12)7-10/h1-6,9-12H,7-8H2,(H,17,19)/b16-9-/t10-,11-,12+/m1/s1. The summed E-state index contributed by atoms with van der Waals surface area (Å²) in [6, 6.07) is 5.84. The van der Waals surface area contributed by atoms with Crippen molar-refractivity contribution in [1.82, 2.24) is 5.43 Å². The molecule has 0 unspecified atom stereocenters. The fourth-order valence-electron chi connectivity index (χ4n) is 3.07. The number of hydrazone groups is 1. The van der Waals surface area contributed by atoms with Crippen molar-refractivity contribution in [3.63, 3.8) is 0 Å². The van der Waals surface area contributed by atoms with Crippen molar-refractivity contribution in [3.8, 4) is 0 Å². The van der Waals surface area contributed by atoms with E-state index in [4.69, 9.17) is 0 Å². The Balaban J connectivity index is 1.65. The van der Waals surface area contributed by atoms with Gasteiger partial charge in [0.2, 0.25) is 0 Å². The summed E-state index contributed by atoms with van der Waals surface area (Å²) in [6.45, 7) is 0. The molecule has 1 saturated carbocycles. The number of nitro groups is 1. The van der Waals surface area contributed by atoms with Crippen LogP contribution in [0.2, 0.25) is 0 Å². The number of hydrogen-bond donors (Lipinski definition) is 1. The van der Waals surface area contributed by atoms with Crippen LogP contribution in [-0.2, 0) is 0 Å². The molecule has 21 heavy (non-hydrogen) atoms. The van der Waals surface area contributed by atoms with Gasteiger partial charge in [-0.15, -0.1) is 0 Å². The van der Waals surface area contributed by atoms with E-state index in [1.165, 1.54) is 18.2 Å². The number of nitrogens with one attached hydrogen (secondary N) is 1. The number of carbonyl (C=O) groups is 1. The first kappa shape index (κ1) is 13.5. The highest BCUT2D eigenvalue weighted by Gasteiger charge is 2.34. The first-order valence-corrected chi connectivity index (χ1v) is 6.90. The molecule has 0 radical (unpaired) electrons. The van der Waals surface area contributed by atoms with Gasteiger partial charge >= 0.3 is 0 Å². The molecule has 0 spiro atoms. The van der Waals surface area contributed by atoms with Gasteiger partial charge in [-0.05, 0) is 30.7 Å². The molecule has 0 heterocycles. The van der Waals surface area contributed by atoms with Crippen LogP contribution in [0.3, 0.4) is 0 Å². The first-order chi connectivity index (χ1) is 10.1. The topological polar surface area (TPSA) is 84.6 Å². The molecule has 0 saturated heterocycles. The van der Waals surface area contributed by atoms with Crippen molar-refractivity contribution in [3.05, 3.63) is 52.1 Å². The van der Waals surface area contributed by atoms with Gasteiger partial charge in [0.15, 0.2) is 0 Å². The minimum Gasteiger partial charge on any atom is -0.267 e. The van der Waals surface area contributed by atoms with Crippen LogP contribution in [-0.4, -0.2) is 17.0 Å². The van der Waals surface area contributed by atoms with Gasteiger partial charge in [0.25, 0.3) is 11.6 Å². The van der Waals surface area contributed by atoms with E-state index in [9.17, 15) is 14.9 Å². The number of nitro benzene ring substituents is 1. The Labute approximate surface area is 121 Å². The molecular formula is C15H15N3O3. The van der Waals surface area contributed by atoms with Gasteiger partial charge in [-0.1, -0.05) is 24.3 Å². The molecule has 3 atom stereocenters. The Kier molecular flexibility index (Phi) is 3.51. The molecule has 0 aliphatic heterocycles. The lowest BCUT2D eigenvalue weighted by Gasteiger charge is -2.11. The second-order valence-electron chi connectivity index (χ2n) is 5.44. The van der Waals surface area contributed by atoms with Crippen LogP contribution < -0.4 is 5.43 Å². The van der Waals surface area contributed by atoms with E-state index in [0.29, 0.717) is 17.8 Å². The fourth-order valence-corrected chi connectivity index (χ4v) is 3.07. The van der Waals surface area contributed by atoms with E-state index in [1.807, 2.05) is 0 Å². The van der Waals surface area contributed by atoms with E-state index >= 15 is 0 Å². The molecule has 1 aromatic carbocycles. The second-order valence-corrected chi connectivity index (χ2v) is 5.44. The minimum atomic E-state index is -0.570. The van der Waals surface area contributed by atoms with Crippen LogP contribution in [0.4, 0.5) is 5.69 Å². The third-order valence-corrected chi connectivity index (χ3v) is 4.11. The molecule has 1 amide bonds. The van der Waals surface area contributed by atoms with Crippen LogP contribution in [0.5, 0.6) is 0 Å². The molecule has 2 bridgehead atoms. The highest BCUT2D eigenvalue weighted by Crippen LogP contribution is 2.42. The van der Waals surface area contributed by atoms with Crippen molar-refractivity contribution in [2.24, 2.45) is 22.9 Å².